The van der Waals surface area contributed by atoms with Crippen molar-refractivity contribution in [3.05, 3.63) is 35.6 Å². The van der Waals surface area contributed by atoms with Crippen molar-refractivity contribution in [1.29, 1.82) is 0 Å². The minimum Gasteiger partial charge on any atom is -0.481 e. The number of hydrogen-bond donors (Lipinski definition) is 1. The topological polar surface area (TPSA) is 40.5 Å². The zero-order valence-electron chi connectivity index (χ0n) is 12.2. The number of rotatable bonds is 3. The van der Waals surface area contributed by atoms with Crippen LogP contribution in [0.2, 0.25) is 0 Å². The molecule has 1 aromatic carbocycles. The molecule has 1 unspecified atom stereocenters. The highest BCUT2D eigenvalue weighted by atomic mass is 19.1. The third-order valence-electron chi connectivity index (χ3n) is 5.19. The first-order valence-electron chi connectivity index (χ1n) is 7.79. The molecular weight excluding hydrogens is 269 g/mol. The van der Waals surface area contributed by atoms with Gasteiger partial charge in [-0.05, 0) is 36.0 Å². The Labute approximate surface area is 124 Å². The maximum atomic E-state index is 13.0. The molecule has 1 spiro atoms. The second-order valence-corrected chi connectivity index (χ2v) is 6.61. The summed E-state index contributed by atoms with van der Waals surface area (Å²) < 4.78 is 13.0. The van der Waals surface area contributed by atoms with Crippen LogP contribution in [0.4, 0.5) is 4.39 Å². The molecule has 0 amide bonds. The van der Waals surface area contributed by atoms with E-state index in [1.54, 1.807) is 12.1 Å². The maximum Gasteiger partial charge on any atom is 0.308 e. The fourth-order valence-electron chi connectivity index (χ4n) is 4.14. The van der Waals surface area contributed by atoms with Gasteiger partial charge < -0.3 is 5.11 Å². The van der Waals surface area contributed by atoms with Gasteiger partial charge >= 0.3 is 5.97 Å². The van der Waals surface area contributed by atoms with Crippen LogP contribution in [0.25, 0.3) is 0 Å². The van der Waals surface area contributed by atoms with Crippen molar-refractivity contribution in [1.82, 2.24) is 4.90 Å². The molecule has 1 saturated heterocycles. The third-order valence-corrected chi connectivity index (χ3v) is 5.19. The Bertz CT molecular complexity index is 508. The summed E-state index contributed by atoms with van der Waals surface area (Å²) in [5, 5.41) is 9.57. The van der Waals surface area contributed by atoms with Gasteiger partial charge in [0.1, 0.15) is 5.82 Å². The molecule has 3 rings (SSSR count). The summed E-state index contributed by atoms with van der Waals surface area (Å²) in [5.74, 6) is -1.14. The molecule has 1 aliphatic heterocycles. The van der Waals surface area contributed by atoms with Crippen molar-refractivity contribution in [2.75, 3.05) is 13.1 Å². The molecule has 2 fully saturated rings. The van der Waals surface area contributed by atoms with Crippen LogP contribution in [-0.2, 0) is 11.3 Å². The number of aliphatic carboxylic acids is 1. The van der Waals surface area contributed by atoms with E-state index in [4.69, 9.17) is 0 Å². The maximum absolute atomic E-state index is 13.0. The Kier molecular flexibility index (Phi) is 3.98. The molecule has 0 radical (unpaired) electrons. The normalized spacial score (nSPS) is 25.3. The Balaban J connectivity index is 1.73. The number of likely N-dealkylation sites (tertiary alicyclic amines) is 1. The van der Waals surface area contributed by atoms with Gasteiger partial charge in [-0.2, -0.15) is 0 Å². The van der Waals surface area contributed by atoms with Crippen LogP contribution in [0.3, 0.4) is 0 Å². The van der Waals surface area contributed by atoms with E-state index in [0.717, 1.165) is 37.8 Å². The van der Waals surface area contributed by atoms with Gasteiger partial charge in [0.25, 0.3) is 0 Å². The summed E-state index contributed by atoms with van der Waals surface area (Å²) in [5.41, 5.74) is 1.01. The van der Waals surface area contributed by atoms with Crippen molar-refractivity contribution in [3.8, 4) is 0 Å². The number of carbonyl (C=O) groups is 1. The van der Waals surface area contributed by atoms with Crippen LogP contribution < -0.4 is 0 Å². The minimum absolute atomic E-state index is 0.0376. The Morgan fingerprint density at radius 1 is 1.24 bits per heavy atom. The van der Waals surface area contributed by atoms with Crippen molar-refractivity contribution in [2.24, 2.45) is 11.3 Å². The average molecular weight is 291 g/mol. The lowest BCUT2D eigenvalue weighted by molar-refractivity contribution is -0.145. The Hall–Kier alpha value is -1.42. The van der Waals surface area contributed by atoms with Crippen molar-refractivity contribution in [2.45, 2.75) is 38.6 Å². The molecule has 2 aliphatic rings. The second kappa shape index (κ2) is 5.76. The molecule has 1 N–H and O–H groups in total. The summed E-state index contributed by atoms with van der Waals surface area (Å²) in [6.45, 7) is 2.19. The fraction of sp³-hybridized carbons (Fsp3) is 0.588. The van der Waals surface area contributed by atoms with Gasteiger partial charge in [-0.15, -0.1) is 0 Å². The summed E-state index contributed by atoms with van der Waals surface area (Å²) in [6, 6.07) is 6.51. The molecule has 3 nitrogen and oxygen atoms in total. The molecule has 1 aromatic rings. The predicted octanol–water partition coefficient (Wildman–Crippen LogP) is 3.29. The van der Waals surface area contributed by atoms with E-state index in [9.17, 15) is 14.3 Å². The number of halogens is 1. The highest BCUT2D eigenvalue weighted by Gasteiger charge is 2.50. The van der Waals surface area contributed by atoms with Gasteiger partial charge in [0.15, 0.2) is 0 Å². The largest absolute Gasteiger partial charge is 0.481 e. The lowest BCUT2D eigenvalue weighted by Crippen LogP contribution is -2.36. The van der Waals surface area contributed by atoms with E-state index in [-0.39, 0.29) is 17.2 Å². The predicted molar refractivity (Wildman–Crippen MR) is 78.3 cm³/mol. The van der Waals surface area contributed by atoms with Crippen molar-refractivity contribution in [3.63, 3.8) is 0 Å². The molecule has 0 bridgehead atoms. The van der Waals surface area contributed by atoms with E-state index >= 15 is 0 Å². The van der Waals surface area contributed by atoms with E-state index in [1.165, 1.54) is 18.6 Å². The lowest BCUT2D eigenvalue weighted by atomic mass is 9.68. The molecular formula is C17H22FNO2. The number of carboxylic acid groups (broad SMARTS) is 1. The first kappa shape index (κ1) is 14.5. The molecule has 1 atom stereocenters. The fourth-order valence-corrected chi connectivity index (χ4v) is 4.14. The quantitative estimate of drug-likeness (QED) is 0.929. The molecule has 4 heteroatoms. The number of nitrogens with zero attached hydrogens (tertiary/aromatic N) is 1. The van der Waals surface area contributed by atoms with Gasteiger partial charge in [-0.25, -0.2) is 4.39 Å². The highest BCUT2D eigenvalue weighted by Crippen LogP contribution is 2.47. The number of carboxylic acids is 1. The first-order valence-corrected chi connectivity index (χ1v) is 7.79. The van der Waals surface area contributed by atoms with Crippen LogP contribution in [-0.4, -0.2) is 29.1 Å². The third kappa shape index (κ3) is 2.95. The molecule has 1 saturated carbocycles. The average Bonchev–Trinajstić information content (AvgIpc) is 2.80. The first-order chi connectivity index (χ1) is 10.1. The summed E-state index contributed by atoms with van der Waals surface area (Å²) in [7, 11) is 0. The monoisotopic (exact) mass is 291 g/mol. The van der Waals surface area contributed by atoms with Gasteiger partial charge in [-0.3, -0.25) is 9.69 Å². The second-order valence-electron chi connectivity index (χ2n) is 6.61. The van der Waals surface area contributed by atoms with Crippen molar-refractivity contribution >= 4 is 5.97 Å². The highest BCUT2D eigenvalue weighted by molar-refractivity contribution is 5.72. The van der Waals surface area contributed by atoms with Crippen LogP contribution >= 0.6 is 0 Å². The Morgan fingerprint density at radius 2 is 1.90 bits per heavy atom. The zero-order chi connectivity index (χ0) is 14.9. The van der Waals surface area contributed by atoms with E-state index in [0.29, 0.717) is 13.1 Å². The lowest BCUT2D eigenvalue weighted by Gasteiger charge is -2.36. The molecule has 114 valence electrons. The van der Waals surface area contributed by atoms with Gasteiger partial charge in [0.05, 0.1) is 5.92 Å². The van der Waals surface area contributed by atoms with E-state index < -0.39 is 5.97 Å². The van der Waals surface area contributed by atoms with Crippen LogP contribution in [0.5, 0.6) is 0 Å². The summed E-state index contributed by atoms with van der Waals surface area (Å²) >= 11 is 0. The summed E-state index contributed by atoms with van der Waals surface area (Å²) in [6.07, 6.45) is 5.59. The number of benzene rings is 1. The summed E-state index contributed by atoms with van der Waals surface area (Å²) in [4.78, 5) is 13.9. The molecule has 1 heterocycles. The Morgan fingerprint density at radius 3 is 2.52 bits per heavy atom. The minimum atomic E-state index is -0.654. The van der Waals surface area contributed by atoms with Crippen LogP contribution in [0, 0.1) is 17.2 Å². The smallest absolute Gasteiger partial charge is 0.308 e. The van der Waals surface area contributed by atoms with E-state index in [2.05, 4.69) is 4.90 Å². The van der Waals surface area contributed by atoms with Gasteiger partial charge in [0.2, 0.25) is 0 Å². The standard InChI is InChI=1S/C17H22FNO2/c18-14-6-4-13(5-7-14)10-19-11-15(16(20)21)17(12-19)8-2-1-3-9-17/h4-7,15H,1-3,8-12H2,(H,20,21). The van der Waals surface area contributed by atoms with Crippen LogP contribution in [0.15, 0.2) is 24.3 Å². The SMILES string of the molecule is O=C(O)C1CN(Cc2ccc(F)cc2)CC12CCCCC2. The van der Waals surface area contributed by atoms with Crippen molar-refractivity contribution < 1.29 is 14.3 Å². The molecule has 1 aliphatic carbocycles. The van der Waals surface area contributed by atoms with E-state index in [1.807, 2.05) is 0 Å². The molecule has 21 heavy (non-hydrogen) atoms. The number of hydrogen-bond acceptors (Lipinski definition) is 2. The molecule has 0 aromatic heterocycles. The van der Waals surface area contributed by atoms with Gasteiger partial charge in [0, 0.05) is 19.6 Å². The van der Waals surface area contributed by atoms with Crippen LogP contribution in [0.1, 0.15) is 37.7 Å². The van der Waals surface area contributed by atoms with Gasteiger partial charge in [-0.1, -0.05) is 31.4 Å². The zero-order valence-corrected chi connectivity index (χ0v) is 12.2.